The summed E-state index contributed by atoms with van der Waals surface area (Å²) in [6.45, 7) is 6.11. The second-order valence-electron chi connectivity index (χ2n) is 11.0. The maximum absolute atomic E-state index is 6.43. The zero-order valence-electron chi connectivity index (χ0n) is 24.3. The van der Waals surface area contributed by atoms with Gasteiger partial charge in [0.15, 0.2) is 0 Å². The molecule has 3 nitrogen and oxygen atoms in total. The van der Waals surface area contributed by atoms with Gasteiger partial charge >= 0.3 is 0 Å². The Morgan fingerprint density at radius 3 is 2.00 bits per heavy atom. The summed E-state index contributed by atoms with van der Waals surface area (Å²) in [4.78, 5) is 2.28. The van der Waals surface area contributed by atoms with Crippen LogP contribution in [0.15, 0.2) is 162 Å². The van der Waals surface area contributed by atoms with E-state index in [4.69, 9.17) is 9.15 Å². The Morgan fingerprint density at radius 2 is 1.18 bits per heavy atom. The Hall–Kier alpha value is -5.80. The molecule has 2 heterocycles. The van der Waals surface area contributed by atoms with Crippen LogP contribution in [0.4, 0.5) is 17.1 Å². The number of para-hydroxylation sites is 1. The Morgan fingerprint density at radius 1 is 0.545 bits per heavy atom. The third-order valence-electron chi connectivity index (χ3n) is 8.47. The van der Waals surface area contributed by atoms with Crippen molar-refractivity contribution in [3.8, 4) is 28.0 Å². The van der Waals surface area contributed by atoms with Crippen LogP contribution in [0.5, 0.6) is 5.75 Å². The first-order valence-corrected chi connectivity index (χ1v) is 14.8. The molecule has 0 N–H and O–H groups in total. The molecule has 44 heavy (non-hydrogen) atoms. The number of allylic oxidation sites excluding steroid dienone is 2. The highest BCUT2D eigenvalue weighted by Crippen LogP contribution is 2.45. The minimum atomic E-state index is 0.771. The van der Waals surface area contributed by atoms with Gasteiger partial charge in [0, 0.05) is 39.5 Å². The second-order valence-corrected chi connectivity index (χ2v) is 11.0. The second kappa shape index (κ2) is 10.5. The van der Waals surface area contributed by atoms with Gasteiger partial charge in [-0.05, 0) is 89.4 Å². The van der Waals surface area contributed by atoms with E-state index in [1.807, 2.05) is 18.2 Å². The van der Waals surface area contributed by atoms with E-state index in [1.165, 1.54) is 11.1 Å². The number of anilines is 3. The van der Waals surface area contributed by atoms with Crippen LogP contribution in [0.1, 0.15) is 12.5 Å². The van der Waals surface area contributed by atoms with Crippen LogP contribution in [-0.2, 0) is 0 Å². The fraction of sp³-hybridized carbons (Fsp3) is 0.0244. The van der Waals surface area contributed by atoms with Gasteiger partial charge in [0.05, 0.1) is 0 Å². The number of ether oxygens (including phenoxy) is 1. The van der Waals surface area contributed by atoms with E-state index in [9.17, 15) is 0 Å². The van der Waals surface area contributed by atoms with Gasteiger partial charge in [-0.1, -0.05) is 91.5 Å². The first-order valence-electron chi connectivity index (χ1n) is 14.8. The summed E-state index contributed by atoms with van der Waals surface area (Å²) in [7, 11) is 0. The normalized spacial score (nSPS) is 12.4. The van der Waals surface area contributed by atoms with Crippen molar-refractivity contribution >= 4 is 44.6 Å². The molecule has 8 rings (SSSR count). The smallest absolute Gasteiger partial charge is 0.137 e. The zero-order valence-corrected chi connectivity index (χ0v) is 24.3. The summed E-state index contributed by atoms with van der Waals surface area (Å²) in [6.07, 6.45) is 1.79. The van der Waals surface area contributed by atoms with Crippen LogP contribution in [0, 0.1) is 0 Å². The Labute approximate surface area is 256 Å². The zero-order chi connectivity index (χ0) is 29.6. The minimum absolute atomic E-state index is 0.771. The molecule has 0 aliphatic carbocycles. The topological polar surface area (TPSA) is 25.6 Å². The highest BCUT2D eigenvalue weighted by atomic mass is 16.5. The van der Waals surface area contributed by atoms with Crippen molar-refractivity contribution in [1.82, 2.24) is 0 Å². The first-order chi connectivity index (χ1) is 21.7. The molecular formula is C41H29NO2. The molecule has 6 aromatic carbocycles. The SMILES string of the molecule is C=CC1=C(C)c2ccccc2-c2cc(N(c3ccc(-c4ccccc4)cc3)c3ccc4c(c3)oc3ccccc34)ccc2O1. The summed E-state index contributed by atoms with van der Waals surface area (Å²) in [5, 5.41) is 2.22. The molecule has 1 aliphatic rings. The largest absolute Gasteiger partial charge is 0.456 e. The van der Waals surface area contributed by atoms with E-state index in [0.29, 0.717) is 0 Å². The fourth-order valence-electron chi connectivity index (χ4n) is 6.26. The molecule has 0 amide bonds. The standard InChI is InChI=1S/C41H29NO2/c1-3-38-27(2)33-13-7-8-14-34(33)37-25-31(22-24-40(37)43-38)42(30-19-17-29(18-20-30)28-11-5-4-6-12-28)32-21-23-36-35-15-9-10-16-39(35)44-41(36)26-32/h3-26H,1H2,2H3. The summed E-state index contributed by atoms with van der Waals surface area (Å²) >= 11 is 0. The monoisotopic (exact) mass is 567 g/mol. The maximum atomic E-state index is 6.43. The van der Waals surface area contributed by atoms with Gasteiger partial charge in [-0.15, -0.1) is 0 Å². The number of hydrogen-bond donors (Lipinski definition) is 0. The summed E-state index contributed by atoms with van der Waals surface area (Å²) in [6, 6.07) is 48.7. The van der Waals surface area contributed by atoms with Crippen molar-refractivity contribution in [2.75, 3.05) is 4.90 Å². The van der Waals surface area contributed by atoms with E-state index in [1.54, 1.807) is 6.08 Å². The first kappa shape index (κ1) is 25.9. The van der Waals surface area contributed by atoms with Crippen molar-refractivity contribution in [2.45, 2.75) is 6.92 Å². The molecule has 0 atom stereocenters. The number of furan rings is 1. The van der Waals surface area contributed by atoms with Gasteiger partial charge < -0.3 is 14.1 Å². The number of hydrogen-bond acceptors (Lipinski definition) is 3. The molecule has 0 unspecified atom stereocenters. The van der Waals surface area contributed by atoms with Crippen LogP contribution in [0.25, 0.3) is 49.8 Å². The molecular weight excluding hydrogens is 538 g/mol. The molecule has 0 saturated heterocycles. The maximum Gasteiger partial charge on any atom is 0.137 e. The van der Waals surface area contributed by atoms with E-state index in [-0.39, 0.29) is 0 Å². The summed E-state index contributed by atoms with van der Waals surface area (Å²) in [5.74, 6) is 1.58. The lowest BCUT2D eigenvalue weighted by Crippen LogP contribution is -2.10. The van der Waals surface area contributed by atoms with Crippen LogP contribution < -0.4 is 9.64 Å². The van der Waals surface area contributed by atoms with Gasteiger partial charge in [-0.2, -0.15) is 0 Å². The lowest BCUT2D eigenvalue weighted by atomic mass is 9.94. The van der Waals surface area contributed by atoms with Crippen molar-refractivity contribution in [3.63, 3.8) is 0 Å². The highest BCUT2D eigenvalue weighted by molar-refractivity contribution is 6.06. The molecule has 0 bridgehead atoms. The highest BCUT2D eigenvalue weighted by Gasteiger charge is 2.22. The van der Waals surface area contributed by atoms with Crippen molar-refractivity contribution in [3.05, 3.63) is 164 Å². The number of rotatable bonds is 5. The predicted octanol–water partition coefficient (Wildman–Crippen LogP) is 11.7. The average Bonchev–Trinajstić information content (AvgIpc) is 3.40. The molecule has 1 aliphatic heterocycles. The molecule has 0 spiro atoms. The third kappa shape index (κ3) is 4.29. The molecule has 7 aromatic rings. The predicted molar refractivity (Wildman–Crippen MR) is 183 cm³/mol. The van der Waals surface area contributed by atoms with Crippen molar-refractivity contribution < 1.29 is 9.15 Å². The Bertz CT molecular complexity index is 2220. The van der Waals surface area contributed by atoms with E-state index in [0.717, 1.165) is 72.8 Å². The molecule has 3 heteroatoms. The van der Waals surface area contributed by atoms with E-state index < -0.39 is 0 Å². The van der Waals surface area contributed by atoms with Crippen LogP contribution in [-0.4, -0.2) is 0 Å². The van der Waals surface area contributed by atoms with Gasteiger partial charge in [0.1, 0.15) is 22.7 Å². The Balaban J connectivity index is 1.31. The quantitative estimate of drug-likeness (QED) is 0.207. The molecule has 0 radical (unpaired) electrons. The summed E-state index contributed by atoms with van der Waals surface area (Å²) < 4.78 is 12.8. The Kier molecular flexibility index (Phi) is 6.16. The van der Waals surface area contributed by atoms with Crippen molar-refractivity contribution in [1.29, 1.82) is 0 Å². The molecule has 0 saturated carbocycles. The van der Waals surface area contributed by atoms with Gasteiger partial charge in [-0.3, -0.25) is 0 Å². The van der Waals surface area contributed by atoms with Gasteiger partial charge in [0.25, 0.3) is 0 Å². The molecule has 0 fully saturated rings. The van der Waals surface area contributed by atoms with Crippen LogP contribution in [0.3, 0.4) is 0 Å². The lowest BCUT2D eigenvalue weighted by molar-refractivity contribution is 0.450. The number of benzene rings is 6. The van der Waals surface area contributed by atoms with Gasteiger partial charge in [0.2, 0.25) is 0 Å². The molecule has 1 aromatic heterocycles. The lowest BCUT2D eigenvalue weighted by Gasteiger charge is -2.27. The number of nitrogens with zero attached hydrogens (tertiary/aromatic N) is 1. The third-order valence-corrected chi connectivity index (χ3v) is 8.47. The van der Waals surface area contributed by atoms with Crippen molar-refractivity contribution in [2.24, 2.45) is 0 Å². The molecule has 210 valence electrons. The fourth-order valence-corrected chi connectivity index (χ4v) is 6.26. The number of fused-ring (bicyclic) bond motifs is 6. The van der Waals surface area contributed by atoms with E-state index >= 15 is 0 Å². The van der Waals surface area contributed by atoms with Crippen LogP contribution in [0.2, 0.25) is 0 Å². The average molecular weight is 568 g/mol. The van der Waals surface area contributed by atoms with E-state index in [2.05, 4.69) is 140 Å². The summed E-state index contributed by atoms with van der Waals surface area (Å²) in [5.41, 5.74) is 11.5. The van der Waals surface area contributed by atoms with Crippen LogP contribution >= 0.6 is 0 Å². The van der Waals surface area contributed by atoms with Gasteiger partial charge in [-0.25, -0.2) is 0 Å². The minimum Gasteiger partial charge on any atom is -0.456 e.